The quantitative estimate of drug-likeness (QED) is 0.752. The molecule has 1 aromatic carbocycles. The number of carbonyl (C=O) groups is 3. The van der Waals surface area contributed by atoms with Crippen LogP contribution >= 0.6 is 0 Å². The zero-order chi connectivity index (χ0) is 18.8. The smallest absolute Gasteiger partial charge is 0.255 e. The van der Waals surface area contributed by atoms with E-state index in [1.807, 2.05) is 12.1 Å². The second-order valence-electron chi connectivity index (χ2n) is 8.48. The zero-order valence-corrected chi connectivity index (χ0v) is 15.2. The third kappa shape index (κ3) is 2.60. The molecule has 3 fully saturated rings. The Balaban J connectivity index is 1.36. The van der Waals surface area contributed by atoms with Crippen LogP contribution in [0.3, 0.4) is 0 Å². The maximum Gasteiger partial charge on any atom is 0.255 e. The topological polar surface area (TPSA) is 95.7 Å². The molecule has 0 radical (unpaired) electrons. The summed E-state index contributed by atoms with van der Waals surface area (Å²) in [4.78, 5) is 40.6. The van der Waals surface area contributed by atoms with Crippen molar-refractivity contribution in [1.29, 1.82) is 0 Å². The summed E-state index contributed by atoms with van der Waals surface area (Å²) in [6.07, 6.45) is 2.98. The zero-order valence-electron chi connectivity index (χ0n) is 15.2. The van der Waals surface area contributed by atoms with Crippen LogP contribution in [0.15, 0.2) is 18.2 Å². The highest BCUT2D eigenvalue weighted by Crippen LogP contribution is 2.43. The molecule has 3 amide bonds. The number of hydrogen-bond acceptors (Lipinski definition) is 5. The number of imide groups is 1. The van der Waals surface area contributed by atoms with Gasteiger partial charge in [-0.25, -0.2) is 0 Å². The minimum absolute atomic E-state index is 0.0213. The minimum atomic E-state index is -0.564. The molecule has 7 nitrogen and oxygen atoms in total. The van der Waals surface area contributed by atoms with Crippen LogP contribution in [0.25, 0.3) is 0 Å². The Hall–Kier alpha value is -2.25. The predicted octanol–water partition coefficient (Wildman–Crippen LogP) is 0.371. The summed E-state index contributed by atoms with van der Waals surface area (Å²) in [5, 5.41) is 2.35. The number of amides is 3. The lowest BCUT2D eigenvalue weighted by Crippen LogP contribution is -2.54. The molecule has 2 saturated heterocycles. The molecule has 142 valence electrons. The van der Waals surface area contributed by atoms with E-state index >= 15 is 0 Å². The molecule has 3 heterocycles. The molecule has 1 saturated carbocycles. The van der Waals surface area contributed by atoms with Gasteiger partial charge in [0, 0.05) is 43.7 Å². The van der Waals surface area contributed by atoms with Crippen LogP contribution in [0, 0.1) is 5.92 Å². The number of benzene rings is 1. The number of hydrogen-bond donors (Lipinski definition) is 2. The van der Waals surface area contributed by atoms with Crippen LogP contribution in [-0.4, -0.2) is 52.2 Å². The van der Waals surface area contributed by atoms with Crippen LogP contribution in [0.1, 0.15) is 47.2 Å². The number of nitrogens with zero attached hydrogens (tertiary/aromatic N) is 2. The number of nitrogens with two attached hydrogens (primary N) is 1. The highest BCUT2D eigenvalue weighted by Gasteiger charge is 2.50. The van der Waals surface area contributed by atoms with Crippen molar-refractivity contribution in [2.75, 3.05) is 13.1 Å². The first-order chi connectivity index (χ1) is 12.9. The van der Waals surface area contributed by atoms with Crippen LogP contribution in [0.4, 0.5) is 0 Å². The van der Waals surface area contributed by atoms with Gasteiger partial charge in [-0.05, 0) is 42.4 Å². The average Bonchev–Trinajstić information content (AvgIpc) is 3.06. The van der Waals surface area contributed by atoms with Crippen molar-refractivity contribution >= 4 is 17.7 Å². The van der Waals surface area contributed by atoms with E-state index in [1.54, 1.807) is 4.90 Å². The van der Waals surface area contributed by atoms with E-state index in [9.17, 15) is 14.4 Å². The molecule has 1 aromatic rings. The molecule has 1 unspecified atom stereocenters. The van der Waals surface area contributed by atoms with Gasteiger partial charge in [0.05, 0.1) is 0 Å². The van der Waals surface area contributed by atoms with Gasteiger partial charge in [0.15, 0.2) is 0 Å². The number of fused-ring (bicyclic) bond motifs is 2. The first-order valence-corrected chi connectivity index (χ1v) is 9.71. The Morgan fingerprint density at radius 2 is 2.07 bits per heavy atom. The number of likely N-dealkylation sites (tertiary alicyclic amines) is 1. The van der Waals surface area contributed by atoms with Gasteiger partial charge in [0.2, 0.25) is 11.8 Å². The SMILES string of the molecule is N[C@]12CC[C@H]1CN(Cc1cccc3c1CN(C1CCC(=O)NC1=O)C3=O)C2. The van der Waals surface area contributed by atoms with Gasteiger partial charge in [-0.3, -0.25) is 24.6 Å². The van der Waals surface area contributed by atoms with Gasteiger partial charge in [-0.2, -0.15) is 0 Å². The van der Waals surface area contributed by atoms with Crippen LogP contribution in [0.2, 0.25) is 0 Å². The van der Waals surface area contributed by atoms with Crippen molar-refractivity contribution in [3.63, 3.8) is 0 Å². The molecule has 3 N–H and O–H groups in total. The standard InChI is InChI=1S/C20H24N4O3/c21-20-7-6-13(20)9-23(11-20)8-12-2-1-3-14-15(12)10-24(19(14)27)16-4-5-17(25)22-18(16)26/h1-3,13,16H,4-11,21H2,(H,22,25,26)/t13-,16?,20-/m0/s1. The number of rotatable bonds is 3. The Morgan fingerprint density at radius 3 is 2.74 bits per heavy atom. The first-order valence-electron chi connectivity index (χ1n) is 9.71. The summed E-state index contributed by atoms with van der Waals surface area (Å²) in [7, 11) is 0. The molecule has 4 aliphatic rings. The predicted molar refractivity (Wildman–Crippen MR) is 97.4 cm³/mol. The van der Waals surface area contributed by atoms with Crippen LogP contribution in [-0.2, 0) is 22.7 Å². The van der Waals surface area contributed by atoms with E-state index in [2.05, 4.69) is 16.3 Å². The van der Waals surface area contributed by atoms with Crippen molar-refractivity contribution in [3.05, 3.63) is 34.9 Å². The van der Waals surface area contributed by atoms with Gasteiger partial charge in [0.25, 0.3) is 5.91 Å². The third-order valence-corrected chi connectivity index (χ3v) is 6.84. The molecule has 3 aliphatic heterocycles. The van der Waals surface area contributed by atoms with Crippen LogP contribution in [0.5, 0.6) is 0 Å². The normalized spacial score (nSPS) is 32.9. The molecule has 7 heteroatoms. The molecule has 27 heavy (non-hydrogen) atoms. The van der Waals surface area contributed by atoms with E-state index in [-0.39, 0.29) is 29.7 Å². The fourth-order valence-corrected chi connectivity index (χ4v) is 5.15. The lowest BCUT2D eigenvalue weighted by molar-refractivity contribution is -0.136. The van der Waals surface area contributed by atoms with E-state index in [1.165, 1.54) is 6.42 Å². The molecule has 0 aromatic heterocycles. The van der Waals surface area contributed by atoms with Crippen molar-refractivity contribution < 1.29 is 14.4 Å². The molecule has 3 atom stereocenters. The van der Waals surface area contributed by atoms with Crippen molar-refractivity contribution in [2.45, 2.75) is 50.4 Å². The van der Waals surface area contributed by atoms with Crippen molar-refractivity contribution in [3.8, 4) is 0 Å². The van der Waals surface area contributed by atoms with Gasteiger partial charge in [-0.15, -0.1) is 0 Å². The number of piperidine rings is 1. The minimum Gasteiger partial charge on any atom is -0.324 e. The maximum atomic E-state index is 12.9. The van der Waals surface area contributed by atoms with Gasteiger partial charge >= 0.3 is 0 Å². The van der Waals surface area contributed by atoms with E-state index < -0.39 is 6.04 Å². The fourth-order valence-electron chi connectivity index (χ4n) is 5.15. The molecule has 1 aliphatic carbocycles. The second kappa shape index (κ2) is 5.87. The molecule has 0 bridgehead atoms. The lowest BCUT2D eigenvalue weighted by Gasteiger charge is -2.40. The fraction of sp³-hybridized carbons (Fsp3) is 0.550. The summed E-state index contributed by atoms with van der Waals surface area (Å²) >= 11 is 0. The van der Waals surface area contributed by atoms with E-state index in [0.29, 0.717) is 24.4 Å². The van der Waals surface area contributed by atoms with Gasteiger partial charge in [-0.1, -0.05) is 12.1 Å². The Kier molecular flexibility index (Phi) is 3.67. The molecule has 5 rings (SSSR count). The largest absolute Gasteiger partial charge is 0.324 e. The maximum absolute atomic E-state index is 12.9. The molecular formula is C20H24N4O3. The monoisotopic (exact) mass is 368 g/mol. The summed E-state index contributed by atoms with van der Waals surface area (Å²) < 4.78 is 0. The van der Waals surface area contributed by atoms with E-state index in [4.69, 9.17) is 5.73 Å². The highest BCUT2D eigenvalue weighted by molar-refractivity contribution is 6.05. The molecule has 0 spiro atoms. The Labute approximate surface area is 157 Å². The second-order valence-corrected chi connectivity index (χ2v) is 8.48. The third-order valence-electron chi connectivity index (χ3n) is 6.84. The molecular weight excluding hydrogens is 344 g/mol. The lowest BCUT2D eigenvalue weighted by atomic mass is 9.70. The summed E-state index contributed by atoms with van der Waals surface area (Å²) in [6, 6.07) is 5.27. The first kappa shape index (κ1) is 16.9. The van der Waals surface area contributed by atoms with Crippen molar-refractivity contribution in [2.24, 2.45) is 11.7 Å². The van der Waals surface area contributed by atoms with Crippen LogP contribution < -0.4 is 11.1 Å². The van der Waals surface area contributed by atoms with Gasteiger partial charge in [0.1, 0.15) is 6.04 Å². The van der Waals surface area contributed by atoms with Crippen molar-refractivity contribution in [1.82, 2.24) is 15.1 Å². The Bertz CT molecular complexity index is 854. The Morgan fingerprint density at radius 1 is 1.22 bits per heavy atom. The highest BCUT2D eigenvalue weighted by atomic mass is 16.2. The summed E-state index contributed by atoms with van der Waals surface area (Å²) in [5.74, 6) is -0.148. The van der Waals surface area contributed by atoms with E-state index in [0.717, 1.165) is 37.2 Å². The number of nitrogens with one attached hydrogen (secondary N) is 1. The summed E-state index contributed by atoms with van der Waals surface area (Å²) in [6.45, 7) is 3.15. The summed E-state index contributed by atoms with van der Waals surface area (Å²) in [5.41, 5.74) is 9.27. The number of carbonyl (C=O) groups excluding carboxylic acids is 3. The van der Waals surface area contributed by atoms with Gasteiger partial charge < -0.3 is 10.6 Å². The average molecular weight is 368 g/mol.